The topological polar surface area (TPSA) is 125 Å². The van der Waals surface area contributed by atoms with Crippen LogP contribution < -0.4 is 0 Å². The summed E-state index contributed by atoms with van der Waals surface area (Å²) in [6.45, 7) is 13.2. The number of carbonyl (C=O) groups excluding carboxylic acids is 4. The molecule has 9 heteroatoms. The Bertz CT molecular complexity index is 1310. The van der Waals surface area contributed by atoms with Crippen LogP contribution in [0.4, 0.5) is 0 Å². The van der Waals surface area contributed by atoms with E-state index in [0.29, 0.717) is 35.9 Å². The Kier molecular flexibility index (Phi) is 9.25. The molecule has 14 unspecified atom stereocenters. The van der Waals surface area contributed by atoms with Crippen molar-refractivity contribution in [1.29, 1.82) is 0 Å². The standard InChI is InChI=1S/C38H56O9/c1-20-10-16-38(35(43)34-33(47-24(5)41)32(46-23(4)40)30(19-44-34)45-22(3)39)17-12-27-25(28(38)18-20)8-9-31-36(6)15-13-29(42)21(2)26(36)11-14-37(27,31)7/h8,20-21,26-28,30-35,43H,9-19H2,1-7H3. The van der Waals surface area contributed by atoms with Gasteiger partial charge in [-0.3, -0.25) is 19.2 Å². The summed E-state index contributed by atoms with van der Waals surface area (Å²) in [7, 11) is 0. The molecule has 0 amide bonds. The number of fused-ring (bicyclic) bond motifs is 7. The molecule has 1 aliphatic heterocycles. The number of Topliss-reactive ketones (excluding diaryl/α,β-unsaturated/α-hetero) is 1. The quantitative estimate of drug-likeness (QED) is 0.224. The van der Waals surface area contributed by atoms with Crippen molar-refractivity contribution in [2.24, 2.45) is 51.8 Å². The summed E-state index contributed by atoms with van der Waals surface area (Å²) in [5, 5.41) is 12.6. The van der Waals surface area contributed by atoms with Crippen LogP contribution in [-0.2, 0) is 38.1 Å². The van der Waals surface area contributed by atoms with Gasteiger partial charge in [0.05, 0.1) is 12.7 Å². The van der Waals surface area contributed by atoms with Gasteiger partial charge in [-0.05, 0) is 91.8 Å². The number of aliphatic hydroxyl groups is 1. The maximum absolute atomic E-state index is 12.8. The van der Waals surface area contributed by atoms with Gasteiger partial charge in [0.2, 0.25) is 0 Å². The average molecular weight is 657 g/mol. The molecule has 5 fully saturated rings. The Morgan fingerprint density at radius 3 is 2.21 bits per heavy atom. The lowest BCUT2D eigenvalue weighted by atomic mass is 9.38. The zero-order valence-corrected chi connectivity index (χ0v) is 29.4. The number of rotatable bonds is 5. The molecular weight excluding hydrogens is 600 g/mol. The van der Waals surface area contributed by atoms with Crippen LogP contribution in [0.25, 0.3) is 0 Å². The maximum atomic E-state index is 12.8. The number of allylic oxidation sites excluding steroid dienone is 2. The van der Waals surface area contributed by atoms with Gasteiger partial charge in [-0.15, -0.1) is 0 Å². The Morgan fingerprint density at radius 2 is 1.53 bits per heavy atom. The molecule has 1 saturated heterocycles. The first-order valence-corrected chi connectivity index (χ1v) is 18.2. The molecule has 47 heavy (non-hydrogen) atoms. The van der Waals surface area contributed by atoms with Gasteiger partial charge in [0.25, 0.3) is 0 Å². The van der Waals surface area contributed by atoms with E-state index in [4.69, 9.17) is 18.9 Å². The number of esters is 3. The van der Waals surface area contributed by atoms with Crippen LogP contribution in [0.2, 0.25) is 0 Å². The van der Waals surface area contributed by atoms with Crippen molar-refractivity contribution < 1.29 is 43.2 Å². The first-order valence-electron chi connectivity index (χ1n) is 18.2. The highest BCUT2D eigenvalue weighted by Crippen LogP contribution is 2.70. The van der Waals surface area contributed by atoms with E-state index in [0.717, 1.165) is 57.8 Å². The van der Waals surface area contributed by atoms with Crippen LogP contribution in [0, 0.1) is 51.8 Å². The molecule has 14 atom stereocenters. The second-order valence-corrected chi connectivity index (χ2v) is 16.7. The van der Waals surface area contributed by atoms with E-state index >= 15 is 0 Å². The lowest BCUT2D eigenvalue weighted by Gasteiger charge is -2.66. The smallest absolute Gasteiger partial charge is 0.303 e. The number of aliphatic hydroxyl groups excluding tert-OH is 1. The largest absolute Gasteiger partial charge is 0.456 e. The normalized spacial score (nSPS) is 46.7. The first-order chi connectivity index (χ1) is 22.1. The fourth-order valence-electron chi connectivity index (χ4n) is 12.1. The van der Waals surface area contributed by atoms with Crippen molar-refractivity contribution >= 4 is 23.7 Å². The van der Waals surface area contributed by atoms with Crippen LogP contribution in [0.15, 0.2) is 11.6 Å². The molecule has 6 rings (SSSR count). The van der Waals surface area contributed by atoms with E-state index in [2.05, 4.69) is 33.8 Å². The molecule has 0 aromatic heterocycles. The minimum absolute atomic E-state index is 0.0834. The number of hydrogen-bond acceptors (Lipinski definition) is 9. The highest BCUT2D eigenvalue weighted by Gasteiger charge is 2.65. The summed E-state index contributed by atoms with van der Waals surface area (Å²) in [5.74, 6) is 0.840. The van der Waals surface area contributed by atoms with Gasteiger partial charge in [-0.25, -0.2) is 0 Å². The lowest BCUT2D eigenvalue weighted by Crippen LogP contribution is -2.65. The van der Waals surface area contributed by atoms with Crippen molar-refractivity contribution in [3.05, 3.63) is 11.6 Å². The van der Waals surface area contributed by atoms with Crippen molar-refractivity contribution in [3.8, 4) is 0 Å². The van der Waals surface area contributed by atoms with Gasteiger partial charge in [0.15, 0.2) is 18.3 Å². The van der Waals surface area contributed by atoms with Crippen LogP contribution >= 0.6 is 0 Å². The molecule has 0 spiro atoms. The van der Waals surface area contributed by atoms with Crippen molar-refractivity contribution in [1.82, 2.24) is 0 Å². The second kappa shape index (κ2) is 12.6. The first kappa shape index (κ1) is 34.6. The van der Waals surface area contributed by atoms with E-state index in [1.165, 1.54) is 26.3 Å². The van der Waals surface area contributed by atoms with Gasteiger partial charge in [-0.2, -0.15) is 0 Å². The number of carbonyl (C=O) groups is 4. The number of ether oxygens (including phenoxy) is 4. The molecule has 1 heterocycles. The van der Waals surface area contributed by atoms with E-state index in [-0.39, 0.29) is 29.3 Å². The van der Waals surface area contributed by atoms with Crippen molar-refractivity contribution in [2.45, 2.75) is 143 Å². The summed E-state index contributed by atoms with van der Waals surface area (Å²) < 4.78 is 23.2. The third-order valence-corrected chi connectivity index (χ3v) is 14.3. The zero-order chi connectivity index (χ0) is 34.1. The van der Waals surface area contributed by atoms with Gasteiger partial charge < -0.3 is 24.1 Å². The van der Waals surface area contributed by atoms with Gasteiger partial charge in [-0.1, -0.05) is 45.8 Å². The average Bonchev–Trinajstić information content (AvgIpc) is 2.99. The summed E-state index contributed by atoms with van der Waals surface area (Å²) in [6, 6.07) is 0. The van der Waals surface area contributed by atoms with E-state index in [1.54, 1.807) is 0 Å². The predicted molar refractivity (Wildman–Crippen MR) is 173 cm³/mol. The molecule has 6 aliphatic rings. The molecule has 9 nitrogen and oxygen atoms in total. The Hall–Kier alpha value is -2.26. The second-order valence-electron chi connectivity index (χ2n) is 16.7. The monoisotopic (exact) mass is 656 g/mol. The molecule has 262 valence electrons. The Balaban J connectivity index is 1.34. The zero-order valence-electron chi connectivity index (χ0n) is 29.4. The molecular formula is C38H56O9. The molecule has 4 saturated carbocycles. The van der Waals surface area contributed by atoms with Gasteiger partial charge in [0.1, 0.15) is 11.9 Å². The van der Waals surface area contributed by atoms with E-state index < -0.39 is 53.8 Å². The minimum atomic E-state index is -1.13. The van der Waals surface area contributed by atoms with Crippen LogP contribution in [0.1, 0.15) is 113 Å². The summed E-state index contributed by atoms with van der Waals surface area (Å²) >= 11 is 0. The lowest BCUT2D eigenvalue weighted by molar-refractivity contribution is -0.255. The van der Waals surface area contributed by atoms with Gasteiger partial charge >= 0.3 is 17.9 Å². The Morgan fingerprint density at radius 1 is 0.872 bits per heavy atom. The van der Waals surface area contributed by atoms with Crippen LogP contribution in [-0.4, -0.2) is 65.9 Å². The minimum Gasteiger partial charge on any atom is -0.456 e. The third-order valence-electron chi connectivity index (χ3n) is 14.3. The molecule has 0 aromatic rings. The Labute approximate surface area is 279 Å². The van der Waals surface area contributed by atoms with Crippen LogP contribution in [0.3, 0.4) is 0 Å². The summed E-state index contributed by atoms with van der Waals surface area (Å²) in [5.41, 5.74) is 1.26. The predicted octanol–water partition coefficient (Wildman–Crippen LogP) is 5.74. The fourth-order valence-corrected chi connectivity index (χ4v) is 12.1. The number of ketones is 1. The highest BCUT2D eigenvalue weighted by molar-refractivity contribution is 5.82. The van der Waals surface area contributed by atoms with Crippen LogP contribution in [0.5, 0.6) is 0 Å². The van der Waals surface area contributed by atoms with E-state index in [9.17, 15) is 24.3 Å². The SMILES string of the molecule is CC(=O)OC1COC(C(O)C23CCC(C)CC2C2=CCC4C(C)(CCC5C(C)C(=O)CCC54C)C2CC3)C(OC(C)=O)C1OC(C)=O. The molecule has 0 bridgehead atoms. The molecule has 1 N–H and O–H groups in total. The van der Waals surface area contributed by atoms with Crippen molar-refractivity contribution in [3.63, 3.8) is 0 Å². The highest BCUT2D eigenvalue weighted by atomic mass is 16.6. The van der Waals surface area contributed by atoms with Gasteiger partial charge in [0, 0.05) is 38.5 Å². The molecule has 5 aliphatic carbocycles. The molecule has 0 aromatic carbocycles. The van der Waals surface area contributed by atoms with Crippen molar-refractivity contribution in [2.75, 3.05) is 6.61 Å². The fraction of sp³-hybridized carbons (Fsp3) is 0.842. The third kappa shape index (κ3) is 5.69. The number of hydrogen-bond donors (Lipinski definition) is 1. The van der Waals surface area contributed by atoms with E-state index in [1.807, 2.05) is 0 Å². The summed E-state index contributed by atoms with van der Waals surface area (Å²) in [4.78, 5) is 49.4. The maximum Gasteiger partial charge on any atom is 0.303 e. The molecule has 0 radical (unpaired) electrons. The summed E-state index contributed by atoms with van der Waals surface area (Å²) in [6.07, 6.45) is 6.82.